The maximum absolute atomic E-state index is 11.3. The summed E-state index contributed by atoms with van der Waals surface area (Å²) in [6.45, 7) is 3.96. The molecular weight excluding hydrogens is 424 g/mol. The summed E-state index contributed by atoms with van der Waals surface area (Å²) < 4.78 is 10.9. The maximum atomic E-state index is 11.3. The highest BCUT2D eigenvalue weighted by Crippen LogP contribution is 2.36. The number of benzene rings is 2. The summed E-state index contributed by atoms with van der Waals surface area (Å²) in [6, 6.07) is 15.3. The van der Waals surface area contributed by atoms with E-state index in [-0.39, 0.29) is 6.04 Å². The molecule has 0 fully saturated rings. The molecule has 0 aliphatic rings. The summed E-state index contributed by atoms with van der Waals surface area (Å²) >= 11 is 1.68. The lowest BCUT2D eigenvalue weighted by molar-refractivity contribution is 0.100. The van der Waals surface area contributed by atoms with E-state index in [9.17, 15) is 4.79 Å². The first-order valence-electron chi connectivity index (χ1n) is 10.1. The van der Waals surface area contributed by atoms with Gasteiger partial charge in [-0.05, 0) is 49.7 Å². The van der Waals surface area contributed by atoms with Gasteiger partial charge in [-0.1, -0.05) is 12.1 Å². The van der Waals surface area contributed by atoms with Gasteiger partial charge in [0.15, 0.2) is 11.5 Å². The second-order valence-electron chi connectivity index (χ2n) is 7.35. The van der Waals surface area contributed by atoms with Crippen LogP contribution in [0.25, 0.3) is 21.3 Å². The topological polar surface area (TPSA) is 99.4 Å². The first-order valence-corrected chi connectivity index (χ1v) is 10.9. The lowest BCUT2D eigenvalue weighted by Crippen LogP contribution is -2.10. The van der Waals surface area contributed by atoms with Gasteiger partial charge in [0, 0.05) is 26.8 Å². The van der Waals surface area contributed by atoms with E-state index in [1.807, 2.05) is 31.2 Å². The number of thiophene rings is 1. The standard InChI is InChI=1S/C24H24N4O3S/c1-13(21-9-10-22(32-21)15-5-7-16(8-6-15)23(25)29)26-24-17-11-19(30-3)20(31-4)12-18(17)27-14(2)28-24/h5-13H,1-4H3,(H2,25,29)(H,26,27,28). The number of carbonyl (C=O) groups is 1. The molecule has 0 aliphatic carbocycles. The van der Waals surface area contributed by atoms with Crippen LogP contribution in [0.2, 0.25) is 0 Å². The molecule has 32 heavy (non-hydrogen) atoms. The highest BCUT2D eigenvalue weighted by Gasteiger charge is 2.16. The van der Waals surface area contributed by atoms with Crippen LogP contribution in [0.4, 0.5) is 5.82 Å². The molecule has 1 unspecified atom stereocenters. The maximum Gasteiger partial charge on any atom is 0.248 e. The molecule has 1 atom stereocenters. The second kappa shape index (κ2) is 8.84. The van der Waals surface area contributed by atoms with Crippen molar-refractivity contribution in [3.05, 3.63) is 64.8 Å². The van der Waals surface area contributed by atoms with Crippen molar-refractivity contribution in [3.8, 4) is 21.9 Å². The molecule has 0 spiro atoms. The van der Waals surface area contributed by atoms with Crippen molar-refractivity contribution in [2.45, 2.75) is 19.9 Å². The Bertz CT molecular complexity index is 1280. The number of primary amides is 1. The molecule has 0 saturated carbocycles. The minimum absolute atomic E-state index is 0.0178. The van der Waals surface area contributed by atoms with Gasteiger partial charge in [0.1, 0.15) is 11.6 Å². The van der Waals surface area contributed by atoms with Crippen LogP contribution in [0, 0.1) is 6.92 Å². The first-order chi connectivity index (χ1) is 15.4. The molecule has 4 rings (SSSR count). The van der Waals surface area contributed by atoms with Gasteiger partial charge < -0.3 is 20.5 Å². The molecule has 0 radical (unpaired) electrons. The number of nitrogens with one attached hydrogen (secondary N) is 1. The Labute approximate surface area is 190 Å². The molecule has 2 aromatic heterocycles. The fourth-order valence-electron chi connectivity index (χ4n) is 3.50. The molecule has 0 saturated heterocycles. The van der Waals surface area contributed by atoms with Crippen LogP contribution >= 0.6 is 11.3 Å². The number of rotatable bonds is 7. The second-order valence-corrected chi connectivity index (χ2v) is 8.47. The van der Waals surface area contributed by atoms with Crippen molar-refractivity contribution in [3.63, 3.8) is 0 Å². The number of methoxy groups -OCH3 is 2. The van der Waals surface area contributed by atoms with Crippen molar-refractivity contribution < 1.29 is 14.3 Å². The fourth-order valence-corrected chi connectivity index (χ4v) is 4.51. The number of hydrogen-bond acceptors (Lipinski definition) is 7. The molecule has 1 amide bonds. The van der Waals surface area contributed by atoms with Gasteiger partial charge in [-0.15, -0.1) is 11.3 Å². The first kappa shape index (κ1) is 21.6. The highest BCUT2D eigenvalue weighted by atomic mass is 32.1. The number of aryl methyl sites for hydroxylation is 1. The largest absolute Gasteiger partial charge is 0.493 e. The summed E-state index contributed by atoms with van der Waals surface area (Å²) in [5, 5.41) is 4.38. The molecule has 0 bridgehead atoms. The monoisotopic (exact) mass is 448 g/mol. The number of carbonyl (C=O) groups excluding carboxylic acids is 1. The molecule has 2 aromatic carbocycles. The fraction of sp³-hybridized carbons (Fsp3) is 0.208. The Balaban J connectivity index is 1.63. The summed E-state index contributed by atoms with van der Waals surface area (Å²) in [4.78, 5) is 22.7. The smallest absolute Gasteiger partial charge is 0.248 e. The van der Waals surface area contributed by atoms with E-state index in [1.54, 1.807) is 37.7 Å². The van der Waals surface area contributed by atoms with Gasteiger partial charge in [0.2, 0.25) is 5.91 Å². The zero-order valence-electron chi connectivity index (χ0n) is 18.3. The highest BCUT2D eigenvalue weighted by molar-refractivity contribution is 7.15. The normalized spacial score (nSPS) is 11.9. The average molecular weight is 449 g/mol. The molecular formula is C24H24N4O3S. The van der Waals surface area contributed by atoms with Crippen LogP contribution in [0.5, 0.6) is 11.5 Å². The van der Waals surface area contributed by atoms with Gasteiger partial charge >= 0.3 is 0 Å². The number of anilines is 1. The van der Waals surface area contributed by atoms with Crippen molar-refractivity contribution in [1.82, 2.24) is 9.97 Å². The minimum atomic E-state index is -0.428. The number of ether oxygens (including phenoxy) is 2. The number of nitrogens with zero attached hydrogens (tertiary/aromatic N) is 2. The quantitative estimate of drug-likeness (QED) is 0.415. The van der Waals surface area contributed by atoms with E-state index < -0.39 is 5.91 Å². The van der Waals surface area contributed by atoms with E-state index in [2.05, 4.69) is 34.3 Å². The summed E-state index contributed by atoms with van der Waals surface area (Å²) in [6.07, 6.45) is 0. The van der Waals surface area contributed by atoms with Crippen LogP contribution in [-0.2, 0) is 0 Å². The lowest BCUT2D eigenvalue weighted by atomic mass is 10.1. The van der Waals surface area contributed by atoms with Crippen LogP contribution in [-0.4, -0.2) is 30.1 Å². The summed E-state index contributed by atoms with van der Waals surface area (Å²) in [7, 11) is 3.21. The van der Waals surface area contributed by atoms with Crippen LogP contribution in [0.1, 0.15) is 34.0 Å². The van der Waals surface area contributed by atoms with Gasteiger partial charge in [0.05, 0.1) is 25.8 Å². The van der Waals surface area contributed by atoms with Crippen molar-refractivity contribution in [2.75, 3.05) is 19.5 Å². The summed E-state index contributed by atoms with van der Waals surface area (Å²) in [5.41, 5.74) is 7.66. The average Bonchev–Trinajstić information content (AvgIpc) is 3.28. The SMILES string of the molecule is COc1cc2nc(C)nc(NC(C)c3ccc(-c4ccc(C(N)=O)cc4)s3)c2cc1OC. The van der Waals surface area contributed by atoms with Gasteiger partial charge in [-0.2, -0.15) is 0 Å². The van der Waals surface area contributed by atoms with Crippen LogP contribution < -0.4 is 20.5 Å². The Hall–Kier alpha value is -3.65. The third-order valence-corrected chi connectivity index (χ3v) is 6.49. The van der Waals surface area contributed by atoms with Gasteiger partial charge in [-0.25, -0.2) is 9.97 Å². The molecule has 164 valence electrons. The molecule has 4 aromatic rings. The van der Waals surface area contributed by atoms with E-state index >= 15 is 0 Å². The molecule has 8 heteroatoms. The molecule has 0 aliphatic heterocycles. The van der Waals surface area contributed by atoms with Crippen molar-refractivity contribution in [1.29, 1.82) is 0 Å². The molecule has 7 nitrogen and oxygen atoms in total. The number of aromatic nitrogens is 2. The zero-order chi connectivity index (χ0) is 22.8. The predicted octanol–water partition coefficient (Wildman–Crippen LogP) is 4.96. The van der Waals surface area contributed by atoms with E-state index in [4.69, 9.17) is 15.2 Å². The Kier molecular flexibility index (Phi) is 5.96. The Morgan fingerprint density at radius 3 is 2.38 bits per heavy atom. The van der Waals surface area contributed by atoms with Crippen LogP contribution in [0.3, 0.4) is 0 Å². The Morgan fingerprint density at radius 2 is 1.72 bits per heavy atom. The number of nitrogens with two attached hydrogens (primary N) is 1. The minimum Gasteiger partial charge on any atom is -0.493 e. The third-order valence-electron chi connectivity index (χ3n) is 5.17. The molecule has 2 heterocycles. The van der Waals surface area contributed by atoms with E-state index in [1.165, 1.54) is 0 Å². The van der Waals surface area contributed by atoms with E-state index in [0.717, 1.165) is 32.0 Å². The number of fused-ring (bicyclic) bond motifs is 1. The lowest BCUT2D eigenvalue weighted by Gasteiger charge is -2.16. The third kappa shape index (κ3) is 4.22. The van der Waals surface area contributed by atoms with Crippen molar-refractivity contribution in [2.24, 2.45) is 5.73 Å². The Morgan fingerprint density at radius 1 is 1.03 bits per heavy atom. The molecule has 3 N–H and O–H groups in total. The van der Waals surface area contributed by atoms with Gasteiger partial charge in [0.25, 0.3) is 0 Å². The van der Waals surface area contributed by atoms with E-state index in [0.29, 0.717) is 22.9 Å². The van der Waals surface area contributed by atoms with Gasteiger partial charge in [-0.3, -0.25) is 4.79 Å². The zero-order valence-corrected chi connectivity index (χ0v) is 19.1. The number of hydrogen-bond donors (Lipinski definition) is 2. The predicted molar refractivity (Wildman–Crippen MR) is 128 cm³/mol. The van der Waals surface area contributed by atoms with Crippen LogP contribution in [0.15, 0.2) is 48.5 Å². The van der Waals surface area contributed by atoms with Crippen molar-refractivity contribution >= 4 is 34.0 Å². The number of amides is 1. The summed E-state index contributed by atoms with van der Waals surface area (Å²) in [5.74, 6) is 2.23.